The summed E-state index contributed by atoms with van der Waals surface area (Å²) in [5.41, 5.74) is 1.51. The van der Waals surface area contributed by atoms with Crippen molar-refractivity contribution in [3.05, 3.63) is 65.2 Å². The maximum Gasteiger partial charge on any atom is 0.252 e. The summed E-state index contributed by atoms with van der Waals surface area (Å²) >= 11 is 7.64. The summed E-state index contributed by atoms with van der Waals surface area (Å²) in [7, 11) is 0. The van der Waals surface area contributed by atoms with Crippen molar-refractivity contribution in [3.8, 4) is 0 Å². The zero-order chi connectivity index (χ0) is 20.4. The van der Waals surface area contributed by atoms with Crippen molar-refractivity contribution in [2.45, 2.75) is 49.1 Å². The first-order valence-corrected chi connectivity index (χ1v) is 11.3. The Hall–Kier alpha value is -2.04. The average Bonchev–Trinajstić information content (AvgIpc) is 2.71. The zero-order valence-corrected chi connectivity index (χ0v) is 18.3. The van der Waals surface area contributed by atoms with Gasteiger partial charge in [-0.05, 0) is 48.6 Å². The molecule has 1 aliphatic rings. The number of pyridine rings is 1. The summed E-state index contributed by atoms with van der Waals surface area (Å²) in [5, 5.41) is 5.68. The maximum absolute atomic E-state index is 13.3. The summed E-state index contributed by atoms with van der Waals surface area (Å²) in [4.78, 5) is 19.0. The van der Waals surface area contributed by atoms with Gasteiger partial charge in [0, 0.05) is 21.3 Å². The highest BCUT2D eigenvalue weighted by Crippen LogP contribution is 2.32. The van der Waals surface area contributed by atoms with Gasteiger partial charge in [-0.15, -0.1) is 0 Å². The summed E-state index contributed by atoms with van der Waals surface area (Å²) in [5.74, 6) is 1.11. The highest BCUT2D eigenvalue weighted by atomic mass is 35.5. The standard InChI is InChI=1S/C24H25ClN2OS/c1-15-7-5-12-21(16(15)2)27-24(28)20-14-23(26-22-11-4-3-10-19(20)22)29-18-9-6-8-17(25)13-18/h3-4,6,8-11,13-16,21H,5,7,12H2,1-2H3,(H,27,28)/t15-,16-,21-/m1/s1. The Labute approximate surface area is 181 Å². The molecule has 5 heteroatoms. The summed E-state index contributed by atoms with van der Waals surface area (Å²) < 4.78 is 0. The Morgan fingerprint density at radius 1 is 1.10 bits per heavy atom. The van der Waals surface area contributed by atoms with Gasteiger partial charge in [-0.25, -0.2) is 4.98 Å². The topological polar surface area (TPSA) is 42.0 Å². The molecule has 1 saturated carbocycles. The minimum atomic E-state index is -0.0116. The minimum Gasteiger partial charge on any atom is -0.349 e. The molecule has 150 valence electrons. The Morgan fingerprint density at radius 2 is 1.93 bits per heavy atom. The van der Waals surface area contributed by atoms with Crippen LogP contribution in [-0.2, 0) is 0 Å². The van der Waals surface area contributed by atoms with Crippen LogP contribution in [0.3, 0.4) is 0 Å². The van der Waals surface area contributed by atoms with Crippen LogP contribution in [0.15, 0.2) is 64.5 Å². The van der Waals surface area contributed by atoms with E-state index in [1.54, 1.807) is 0 Å². The number of halogens is 1. The fourth-order valence-corrected chi connectivity index (χ4v) is 5.22. The molecule has 0 radical (unpaired) electrons. The van der Waals surface area contributed by atoms with E-state index < -0.39 is 0 Å². The Bertz CT molecular complexity index is 1040. The predicted molar refractivity (Wildman–Crippen MR) is 121 cm³/mol. The molecule has 3 nitrogen and oxygen atoms in total. The SMILES string of the molecule is C[C@@H]1[C@H](C)CCC[C@H]1NC(=O)c1cc(Sc2cccc(Cl)c2)nc2ccccc12. The predicted octanol–water partition coefficient (Wildman–Crippen LogP) is 6.59. The third kappa shape index (κ3) is 4.59. The molecule has 1 heterocycles. The molecule has 3 aromatic rings. The minimum absolute atomic E-state index is 0.0116. The molecule has 3 atom stereocenters. The van der Waals surface area contributed by atoms with E-state index in [1.807, 2.05) is 54.6 Å². The Balaban J connectivity index is 1.66. The first-order valence-electron chi connectivity index (χ1n) is 10.2. The molecule has 1 fully saturated rings. The summed E-state index contributed by atoms with van der Waals surface area (Å²) in [6.07, 6.45) is 3.46. The second-order valence-corrected chi connectivity index (χ2v) is 9.46. The van der Waals surface area contributed by atoms with E-state index in [0.29, 0.717) is 22.4 Å². The van der Waals surface area contributed by atoms with Crippen LogP contribution >= 0.6 is 23.4 Å². The molecule has 2 aromatic carbocycles. The van der Waals surface area contributed by atoms with Gasteiger partial charge in [0.05, 0.1) is 11.1 Å². The molecule has 0 unspecified atom stereocenters. The van der Waals surface area contributed by atoms with Crippen LogP contribution < -0.4 is 5.32 Å². The second-order valence-electron chi connectivity index (χ2n) is 7.93. The Morgan fingerprint density at radius 3 is 2.76 bits per heavy atom. The number of para-hydroxylation sites is 1. The number of fused-ring (bicyclic) bond motifs is 1. The van der Waals surface area contributed by atoms with Crippen LogP contribution in [0.2, 0.25) is 5.02 Å². The van der Waals surface area contributed by atoms with E-state index in [1.165, 1.54) is 24.6 Å². The molecule has 29 heavy (non-hydrogen) atoms. The summed E-state index contributed by atoms with van der Waals surface area (Å²) in [6.45, 7) is 4.53. The van der Waals surface area contributed by atoms with Crippen LogP contribution in [0.5, 0.6) is 0 Å². The van der Waals surface area contributed by atoms with E-state index in [9.17, 15) is 4.79 Å². The van der Waals surface area contributed by atoms with Crippen molar-refractivity contribution in [1.82, 2.24) is 10.3 Å². The van der Waals surface area contributed by atoms with Crippen LogP contribution in [0, 0.1) is 11.8 Å². The number of hydrogen-bond acceptors (Lipinski definition) is 3. The van der Waals surface area contributed by atoms with Crippen molar-refractivity contribution in [1.29, 1.82) is 0 Å². The number of amides is 1. The van der Waals surface area contributed by atoms with E-state index in [-0.39, 0.29) is 11.9 Å². The van der Waals surface area contributed by atoms with E-state index in [0.717, 1.165) is 27.2 Å². The van der Waals surface area contributed by atoms with E-state index in [2.05, 4.69) is 19.2 Å². The number of aromatic nitrogens is 1. The monoisotopic (exact) mass is 424 g/mol. The molecule has 1 aliphatic carbocycles. The normalized spacial score (nSPS) is 21.8. The Kier molecular flexibility index (Phi) is 6.12. The number of nitrogens with zero attached hydrogens (tertiary/aromatic N) is 1. The van der Waals surface area contributed by atoms with Gasteiger partial charge in [-0.2, -0.15) is 0 Å². The van der Waals surface area contributed by atoms with Crippen LogP contribution in [0.1, 0.15) is 43.5 Å². The third-order valence-corrected chi connectivity index (χ3v) is 7.12. The zero-order valence-electron chi connectivity index (χ0n) is 16.7. The van der Waals surface area contributed by atoms with Gasteiger partial charge in [-0.1, -0.05) is 74.3 Å². The van der Waals surface area contributed by atoms with Gasteiger partial charge >= 0.3 is 0 Å². The fraction of sp³-hybridized carbons (Fsp3) is 0.333. The lowest BCUT2D eigenvalue weighted by molar-refractivity contribution is 0.0892. The molecule has 0 spiro atoms. The number of carbonyl (C=O) groups excluding carboxylic acids is 1. The third-order valence-electron chi connectivity index (χ3n) is 5.98. The van der Waals surface area contributed by atoms with Crippen molar-refractivity contribution in [2.75, 3.05) is 0 Å². The highest BCUT2D eigenvalue weighted by molar-refractivity contribution is 7.99. The molecular weight excluding hydrogens is 400 g/mol. The van der Waals surface area contributed by atoms with Gasteiger partial charge in [0.25, 0.3) is 5.91 Å². The van der Waals surface area contributed by atoms with Crippen LogP contribution in [0.4, 0.5) is 0 Å². The smallest absolute Gasteiger partial charge is 0.252 e. The maximum atomic E-state index is 13.3. The van der Waals surface area contributed by atoms with Crippen molar-refractivity contribution >= 4 is 40.2 Å². The first-order chi connectivity index (χ1) is 14.0. The number of carbonyl (C=O) groups is 1. The van der Waals surface area contributed by atoms with E-state index in [4.69, 9.17) is 16.6 Å². The van der Waals surface area contributed by atoms with Gasteiger partial charge < -0.3 is 5.32 Å². The largest absolute Gasteiger partial charge is 0.349 e. The fourth-order valence-electron chi connectivity index (χ4n) is 4.07. The molecule has 1 amide bonds. The molecule has 0 saturated heterocycles. The molecule has 1 aromatic heterocycles. The van der Waals surface area contributed by atoms with Crippen molar-refractivity contribution in [3.63, 3.8) is 0 Å². The van der Waals surface area contributed by atoms with Crippen LogP contribution in [0.25, 0.3) is 10.9 Å². The molecule has 4 rings (SSSR count). The van der Waals surface area contributed by atoms with Gasteiger partial charge in [-0.3, -0.25) is 4.79 Å². The lowest BCUT2D eigenvalue weighted by Gasteiger charge is -2.34. The van der Waals surface area contributed by atoms with Crippen molar-refractivity contribution in [2.24, 2.45) is 11.8 Å². The average molecular weight is 425 g/mol. The number of hydrogen-bond donors (Lipinski definition) is 1. The number of rotatable bonds is 4. The molecule has 0 bridgehead atoms. The van der Waals surface area contributed by atoms with Gasteiger partial charge in [0.1, 0.15) is 5.03 Å². The van der Waals surface area contributed by atoms with E-state index >= 15 is 0 Å². The molecule has 0 aliphatic heterocycles. The van der Waals surface area contributed by atoms with Crippen molar-refractivity contribution < 1.29 is 4.79 Å². The summed E-state index contributed by atoms with van der Waals surface area (Å²) in [6, 6.07) is 17.6. The van der Waals surface area contributed by atoms with Gasteiger partial charge in [0.15, 0.2) is 0 Å². The second kappa shape index (κ2) is 8.76. The van der Waals surface area contributed by atoms with Gasteiger partial charge in [0.2, 0.25) is 0 Å². The number of benzene rings is 2. The lowest BCUT2D eigenvalue weighted by atomic mass is 9.78. The molecular formula is C24H25ClN2OS. The molecule has 1 N–H and O–H groups in total. The number of nitrogens with one attached hydrogen (secondary N) is 1. The highest BCUT2D eigenvalue weighted by Gasteiger charge is 2.29. The lowest BCUT2D eigenvalue weighted by Crippen LogP contribution is -2.43. The first kappa shape index (κ1) is 20.2. The van der Waals surface area contributed by atoms with Crippen LogP contribution in [-0.4, -0.2) is 16.9 Å². The quantitative estimate of drug-likeness (QED) is 0.513.